The molecule has 6 rings (SSSR count). The van der Waals surface area contributed by atoms with Crippen molar-refractivity contribution >= 4 is 27.9 Å². The van der Waals surface area contributed by atoms with Gasteiger partial charge in [-0.25, -0.2) is 9.78 Å². The monoisotopic (exact) mass is 534 g/mol. The number of nitrogens with two attached hydrogens (primary N) is 1. The summed E-state index contributed by atoms with van der Waals surface area (Å²) in [5.74, 6) is -0.549. The number of carbonyl (C=O) groups excluding carboxylic acids is 1. The van der Waals surface area contributed by atoms with Crippen molar-refractivity contribution in [3.8, 4) is 11.3 Å². The number of fused-ring (bicyclic) bond motifs is 3. The molecule has 40 heavy (non-hydrogen) atoms. The van der Waals surface area contributed by atoms with Crippen LogP contribution in [0.25, 0.3) is 33.2 Å². The van der Waals surface area contributed by atoms with Crippen LogP contribution in [0.2, 0.25) is 0 Å². The van der Waals surface area contributed by atoms with Gasteiger partial charge in [0.1, 0.15) is 11.2 Å². The van der Waals surface area contributed by atoms with Gasteiger partial charge in [0.25, 0.3) is 0 Å². The molecule has 0 radical (unpaired) electrons. The fraction of sp³-hybridized carbons (Fsp3) is 0.303. The van der Waals surface area contributed by atoms with E-state index in [-0.39, 0.29) is 0 Å². The van der Waals surface area contributed by atoms with Crippen LogP contribution in [-0.2, 0) is 30.6 Å². The first-order chi connectivity index (χ1) is 19.5. The molecular weight excluding hydrogens is 500 g/mol. The molecule has 204 valence electrons. The lowest BCUT2D eigenvalue weighted by atomic mass is 9.91. The third-order valence-corrected chi connectivity index (χ3v) is 7.86. The average molecular weight is 535 g/mol. The Balaban J connectivity index is 1.65. The summed E-state index contributed by atoms with van der Waals surface area (Å²) in [5.41, 5.74) is 13.3. The molecule has 0 atom stereocenters. The lowest BCUT2D eigenvalue weighted by Crippen LogP contribution is -2.32. The highest BCUT2D eigenvalue weighted by Crippen LogP contribution is 2.36. The van der Waals surface area contributed by atoms with Crippen LogP contribution in [0, 0.1) is 0 Å². The number of carbonyl (C=O) groups is 1. The lowest BCUT2D eigenvalue weighted by molar-refractivity contribution is -0.141. The summed E-state index contributed by atoms with van der Waals surface area (Å²) in [4.78, 5) is 37.0. The molecule has 0 saturated heterocycles. The van der Waals surface area contributed by atoms with E-state index in [0.29, 0.717) is 29.7 Å². The summed E-state index contributed by atoms with van der Waals surface area (Å²) < 4.78 is 3.46. The minimum absolute atomic E-state index is 0.296. The van der Waals surface area contributed by atoms with Crippen molar-refractivity contribution in [2.24, 2.45) is 5.73 Å². The van der Waals surface area contributed by atoms with Crippen molar-refractivity contribution in [1.29, 1.82) is 0 Å². The number of benzene rings is 3. The van der Waals surface area contributed by atoms with Crippen molar-refractivity contribution in [2.45, 2.75) is 58.4 Å². The minimum Gasteiger partial charge on any atom is -0.344 e. The molecule has 0 aliphatic heterocycles. The fourth-order valence-electron chi connectivity index (χ4n) is 6.03. The first-order valence-corrected chi connectivity index (χ1v) is 14.2. The van der Waals surface area contributed by atoms with Gasteiger partial charge in [-0.3, -0.25) is 4.79 Å². The lowest BCUT2D eigenvalue weighted by Gasteiger charge is -2.18. The highest BCUT2D eigenvalue weighted by molar-refractivity contribution is 5.98. The number of rotatable bonds is 8. The fourth-order valence-corrected chi connectivity index (χ4v) is 6.03. The van der Waals surface area contributed by atoms with Gasteiger partial charge >= 0.3 is 11.5 Å². The number of hydrogen-bond acceptors (Lipinski definition) is 5. The molecule has 1 aliphatic carbocycles. The van der Waals surface area contributed by atoms with Gasteiger partial charge in [0.2, 0.25) is 0 Å². The van der Waals surface area contributed by atoms with Crippen molar-refractivity contribution in [3.05, 3.63) is 99.5 Å². The number of unbranched alkanes of at least 4 members (excludes halogenated alkanes) is 1. The smallest absolute Gasteiger partial charge is 0.330 e. The second-order valence-electron chi connectivity index (χ2n) is 10.6. The van der Waals surface area contributed by atoms with E-state index in [4.69, 9.17) is 15.6 Å². The van der Waals surface area contributed by atoms with Gasteiger partial charge in [-0.15, -0.1) is 4.73 Å². The molecule has 0 fully saturated rings. The van der Waals surface area contributed by atoms with Crippen molar-refractivity contribution in [1.82, 2.24) is 14.3 Å². The van der Waals surface area contributed by atoms with Crippen LogP contribution in [0.4, 0.5) is 0 Å². The first-order valence-electron chi connectivity index (χ1n) is 14.2. The zero-order valence-electron chi connectivity index (χ0n) is 22.9. The average Bonchev–Trinajstić information content (AvgIpc) is 3.26. The van der Waals surface area contributed by atoms with E-state index in [2.05, 4.69) is 28.8 Å². The Morgan fingerprint density at radius 2 is 1.68 bits per heavy atom. The predicted molar refractivity (Wildman–Crippen MR) is 158 cm³/mol. The topological polar surface area (TPSA) is 92.1 Å². The summed E-state index contributed by atoms with van der Waals surface area (Å²) >= 11 is 0. The molecule has 0 amide bonds. The zero-order valence-corrected chi connectivity index (χ0v) is 22.9. The van der Waals surface area contributed by atoms with E-state index < -0.39 is 11.5 Å². The number of hydrogen-bond donors (Lipinski definition) is 1. The maximum atomic E-state index is 14.2. The summed E-state index contributed by atoms with van der Waals surface area (Å²) in [6.07, 6.45) is 6.62. The minimum atomic E-state index is -0.549. The summed E-state index contributed by atoms with van der Waals surface area (Å²) in [5, 5.41) is 0.956. The molecule has 5 aromatic rings. The second-order valence-corrected chi connectivity index (χ2v) is 10.6. The number of aromatic nitrogens is 3. The van der Waals surface area contributed by atoms with Crippen LogP contribution in [0.5, 0.6) is 0 Å². The van der Waals surface area contributed by atoms with E-state index in [9.17, 15) is 9.59 Å². The molecule has 2 heterocycles. The van der Waals surface area contributed by atoms with Crippen LogP contribution in [0.1, 0.15) is 55.0 Å². The van der Waals surface area contributed by atoms with E-state index in [1.54, 1.807) is 0 Å². The Labute approximate surface area is 233 Å². The summed E-state index contributed by atoms with van der Waals surface area (Å²) in [6, 6.07) is 22.5. The number of para-hydroxylation sites is 1. The SMILES string of the molecule is CC(=O)On1c(=O)c(-c2c(Cc3ccccc3)n(CCCCN)c3ccccc23)nc2cc3c(cc21)CCCC3. The maximum Gasteiger partial charge on any atom is 0.330 e. The van der Waals surface area contributed by atoms with Gasteiger partial charge in [-0.2, -0.15) is 0 Å². The van der Waals surface area contributed by atoms with Crippen LogP contribution >= 0.6 is 0 Å². The first kappa shape index (κ1) is 26.0. The standard InChI is InChI=1S/C33H34N4O3/c1-22(38)40-37-29-21-25-14-6-5-13-24(25)20-27(29)35-32(33(37)39)31-26-15-7-8-16-28(26)36(18-10-9-17-34)30(31)19-23-11-3-2-4-12-23/h2-4,7-8,11-12,15-16,20-21H,5-6,9-10,13-14,17-19,34H2,1H3. The molecule has 0 bridgehead atoms. The Kier molecular flexibility index (Phi) is 7.22. The van der Waals surface area contributed by atoms with Gasteiger partial charge in [0.15, 0.2) is 0 Å². The number of aryl methyl sites for hydroxylation is 3. The molecule has 7 heteroatoms. The third-order valence-electron chi connectivity index (χ3n) is 7.86. The zero-order chi connectivity index (χ0) is 27.6. The van der Waals surface area contributed by atoms with Crippen LogP contribution in [-0.4, -0.2) is 26.8 Å². The predicted octanol–water partition coefficient (Wildman–Crippen LogP) is 5.20. The van der Waals surface area contributed by atoms with Gasteiger partial charge in [0.05, 0.1) is 5.52 Å². The highest BCUT2D eigenvalue weighted by Gasteiger charge is 2.25. The normalized spacial score (nSPS) is 13.1. The van der Waals surface area contributed by atoms with E-state index in [1.807, 2.05) is 42.5 Å². The third kappa shape index (κ3) is 4.82. The molecule has 7 nitrogen and oxygen atoms in total. The van der Waals surface area contributed by atoms with Crippen LogP contribution < -0.4 is 16.1 Å². The Hall–Kier alpha value is -4.23. The van der Waals surface area contributed by atoms with Crippen LogP contribution in [0.3, 0.4) is 0 Å². The quantitative estimate of drug-likeness (QED) is 0.276. The van der Waals surface area contributed by atoms with E-state index >= 15 is 0 Å². The van der Waals surface area contributed by atoms with Gasteiger partial charge in [0, 0.05) is 42.0 Å². The Morgan fingerprint density at radius 1 is 0.950 bits per heavy atom. The molecule has 2 N–H and O–H groups in total. The Bertz CT molecular complexity index is 1770. The van der Waals surface area contributed by atoms with Gasteiger partial charge < -0.3 is 15.1 Å². The van der Waals surface area contributed by atoms with Gasteiger partial charge in [-0.05, 0) is 80.0 Å². The van der Waals surface area contributed by atoms with Crippen LogP contribution in [0.15, 0.2) is 71.5 Å². The van der Waals surface area contributed by atoms with E-state index in [0.717, 1.165) is 77.5 Å². The largest absolute Gasteiger partial charge is 0.344 e. The molecular formula is C33H34N4O3. The molecule has 2 aromatic heterocycles. The molecule has 0 spiro atoms. The molecule has 3 aromatic carbocycles. The van der Waals surface area contributed by atoms with Gasteiger partial charge in [-0.1, -0.05) is 48.5 Å². The second kappa shape index (κ2) is 11.1. The molecule has 1 aliphatic rings. The summed E-state index contributed by atoms with van der Waals surface area (Å²) in [7, 11) is 0. The number of nitrogens with zero attached hydrogens (tertiary/aromatic N) is 3. The van der Waals surface area contributed by atoms with Crippen molar-refractivity contribution < 1.29 is 9.63 Å². The van der Waals surface area contributed by atoms with Crippen molar-refractivity contribution in [2.75, 3.05) is 6.54 Å². The maximum absolute atomic E-state index is 14.2. The Morgan fingerprint density at radius 3 is 2.42 bits per heavy atom. The molecule has 0 saturated carbocycles. The van der Waals surface area contributed by atoms with Crippen molar-refractivity contribution in [3.63, 3.8) is 0 Å². The van der Waals surface area contributed by atoms with E-state index in [1.165, 1.54) is 18.1 Å². The highest BCUT2D eigenvalue weighted by atomic mass is 16.7. The summed E-state index contributed by atoms with van der Waals surface area (Å²) in [6.45, 7) is 2.73. The molecule has 0 unspecified atom stereocenters.